The molecule has 1 aliphatic heterocycles. The maximum Gasteiger partial charge on any atom is 0.0571 e. The van der Waals surface area contributed by atoms with Gasteiger partial charge in [0.05, 0.1) is 6.10 Å². The number of piperazine rings is 1. The molecule has 0 radical (unpaired) electrons. The van der Waals surface area contributed by atoms with Crippen LogP contribution in [-0.4, -0.2) is 62.3 Å². The highest BCUT2D eigenvalue weighted by Crippen LogP contribution is 2.13. The first-order valence-corrected chi connectivity index (χ1v) is 8.77. The molecule has 0 N–H and O–H groups in total. The zero-order chi connectivity index (χ0) is 14.6. The lowest BCUT2D eigenvalue weighted by Gasteiger charge is -2.34. The molecule has 0 spiro atoms. The van der Waals surface area contributed by atoms with Gasteiger partial charge in [0.25, 0.3) is 0 Å². The predicted molar refractivity (Wildman–Crippen MR) is 87.3 cm³/mol. The molecule has 1 aliphatic rings. The van der Waals surface area contributed by atoms with Crippen molar-refractivity contribution in [3.63, 3.8) is 0 Å². The topological polar surface area (TPSA) is 15.7 Å². The van der Waals surface area contributed by atoms with Gasteiger partial charge in [0, 0.05) is 33.3 Å². The van der Waals surface area contributed by atoms with Crippen LogP contribution in [0.25, 0.3) is 0 Å². The molecule has 120 valence electrons. The van der Waals surface area contributed by atoms with Gasteiger partial charge in [-0.05, 0) is 32.4 Å². The molecule has 1 atom stereocenters. The van der Waals surface area contributed by atoms with Crippen molar-refractivity contribution in [1.29, 1.82) is 0 Å². The Kier molecular flexibility index (Phi) is 10.3. The van der Waals surface area contributed by atoms with Gasteiger partial charge in [-0.3, -0.25) is 0 Å². The van der Waals surface area contributed by atoms with E-state index in [-0.39, 0.29) is 0 Å². The highest BCUT2D eigenvalue weighted by Gasteiger charge is 2.14. The van der Waals surface area contributed by atoms with Crippen LogP contribution in [0.3, 0.4) is 0 Å². The Bertz CT molecular complexity index is 215. The Morgan fingerprint density at radius 3 is 2.10 bits per heavy atom. The Morgan fingerprint density at radius 2 is 1.50 bits per heavy atom. The summed E-state index contributed by atoms with van der Waals surface area (Å²) < 4.78 is 5.56. The summed E-state index contributed by atoms with van der Waals surface area (Å²) in [6.45, 7) is 12.1. The van der Waals surface area contributed by atoms with E-state index in [2.05, 4.69) is 23.6 Å². The van der Waals surface area contributed by atoms with Crippen molar-refractivity contribution in [1.82, 2.24) is 9.80 Å². The molecule has 1 fully saturated rings. The van der Waals surface area contributed by atoms with E-state index in [0.717, 1.165) is 0 Å². The van der Waals surface area contributed by atoms with Crippen molar-refractivity contribution >= 4 is 0 Å². The summed E-state index contributed by atoms with van der Waals surface area (Å²) in [5.41, 5.74) is 0. The van der Waals surface area contributed by atoms with E-state index in [0.29, 0.717) is 6.10 Å². The van der Waals surface area contributed by atoms with Crippen molar-refractivity contribution in [3.05, 3.63) is 0 Å². The molecule has 0 aliphatic carbocycles. The minimum Gasteiger partial charge on any atom is -0.381 e. The fraction of sp³-hybridized carbons (Fsp3) is 1.00. The molecule has 0 aromatic rings. The van der Waals surface area contributed by atoms with Gasteiger partial charge in [0.15, 0.2) is 0 Å². The summed E-state index contributed by atoms with van der Waals surface area (Å²) in [5, 5.41) is 0. The lowest BCUT2D eigenvalue weighted by atomic mass is 10.0. The second-order valence-corrected chi connectivity index (χ2v) is 6.13. The van der Waals surface area contributed by atoms with Gasteiger partial charge in [0.1, 0.15) is 0 Å². The van der Waals surface area contributed by atoms with Crippen molar-refractivity contribution < 1.29 is 4.74 Å². The largest absolute Gasteiger partial charge is 0.381 e. The number of likely N-dealkylation sites (N-methyl/N-ethyl adjacent to an activating group) is 1. The third-order valence-corrected chi connectivity index (χ3v) is 4.63. The van der Waals surface area contributed by atoms with Crippen LogP contribution in [0.15, 0.2) is 0 Å². The molecule has 0 saturated carbocycles. The molecular formula is C17H36N2O. The van der Waals surface area contributed by atoms with Crippen molar-refractivity contribution in [2.75, 3.05) is 46.4 Å². The summed E-state index contributed by atoms with van der Waals surface area (Å²) in [4.78, 5) is 5.18. The number of hydrogen-bond donors (Lipinski definition) is 0. The predicted octanol–water partition coefficient (Wildman–Crippen LogP) is 3.39. The fourth-order valence-electron chi connectivity index (χ4n) is 3.03. The summed E-state index contributed by atoms with van der Waals surface area (Å²) in [6, 6.07) is 0. The fourth-order valence-corrected chi connectivity index (χ4v) is 3.03. The summed E-state index contributed by atoms with van der Waals surface area (Å²) in [7, 11) is 1.87. The molecule has 0 amide bonds. The lowest BCUT2D eigenvalue weighted by molar-refractivity contribution is 0.0830. The number of rotatable bonds is 11. The van der Waals surface area contributed by atoms with Gasteiger partial charge in [0.2, 0.25) is 0 Å². The van der Waals surface area contributed by atoms with Crippen LogP contribution in [0.2, 0.25) is 0 Å². The molecule has 1 heterocycles. The lowest BCUT2D eigenvalue weighted by Crippen LogP contribution is -2.46. The van der Waals surface area contributed by atoms with Crippen molar-refractivity contribution in [2.45, 2.75) is 64.9 Å². The molecular weight excluding hydrogens is 248 g/mol. The van der Waals surface area contributed by atoms with Crippen LogP contribution in [0, 0.1) is 0 Å². The second-order valence-electron chi connectivity index (χ2n) is 6.13. The van der Waals surface area contributed by atoms with E-state index >= 15 is 0 Å². The minimum atomic E-state index is 0.503. The van der Waals surface area contributed by atoms with Crippen molar-refractivity contribution in [2.24, 2.45) is 0 Å². The van der Waals surface area contributed by atoms with Gasteiger partial charge in [-0.2, -0.15) is 0 Å². The number of methoxy groups -OCH3 is 1. The van der Waals surface area contributed by atoms with Crippen LogP contribution in [-0.2, 0) is 4.74 Å². The van der Waals surface area contributed by atoms with E-state index < -0.39 is 0 Å². The van der Waals surface area contributed by atoms with Gasteiger partial charge in [-0.1, -0.05) is 39.5 Å². The van der Waals surface area contributed by atoms with E-state index in [1.165, 1.54) is 84.2 Å². The van der Waals surface area contributed by atoms with Gasteiger partial charge < -0.3 is 14.5 Å². The van der Waals surface area contributed by atoms with Crippen LogP contribution in [0.1, 0.15) is 58.8 Å². The van der Waals surface area contributed by atoms with Gasteiger partial charge in [-0.25, -0.2) is 0 Å². The molecule has 0 aromatic heterocycles. The van der Waals surface area contributed by atoms with Gasteiger partial charge in [-0.15, -0.1) is 0 Å². The van der Waals surface area contributed by atoms with E-state index in [9.17, 15) is 0 Å². The SMILES string of the molecule is CCCC[C@@H](CCCCCN1CCN(CC)CC1)OC. The second kappa shape index (κ2) is 11.5. The molecule has 3 nitrogen and oxygen atoms in total. The zero-order valence-electron chi connectivity index (χ0n) is 14.1. The van der Waals surface area contributed by atoms with Crippen LogP contribution >= 0.6 is 0 Å². The number of hydrogen-bond acceptors (Lipinski definition) is 3. The molecule has 0 unspecified atom stereocenters. The average molecular weight is 284 g/mol. The van der Waals surface area contributed by atoms with Gasteiger partial charge >= 0.3 is 0 Å². The standard InChI is InChI=1S/C17H36N2O/c1-4-6-10-17(20-3)11-8-7-9-12-19-15-13-18(5-2)14-16-19/h17H,4-16H2,1-3H3/t17-/m0/s1. The highest BCUT2D eigenvalue weighted by atomic mass is 16.5. The molecule has 3 heteroatoms. The summed E-state index contributed by atoms with van der Waals surface area (Å²) in [6.07, 6.45) is 9.63. The third kappa shape index (κ3) is 7.61. The average Bonchev–Trinajstić information content (AvgIpc) is 2.50. The summed E-state index contributed by atoms with van der Waals surface area (Å²) >= 11 is 0. The van der Waals surface area contributed by atoms with E-state index in [1.54, 1.807) is 0 Å². The van der Waals surface area contributed by atoms with E-state index in [4.69, 9.17) is 4.74 Å². The quantitative estimate of drug-likeness (QED) is 0.541. The Balaban J connectivity index is 1.96. The monoisotopic (exact) mass is 284 g/mol. The van der Waals surface area contributed by atoms with Crippen LogP contribution < -0.4 is 0 Å². The molecule has 0 aromatic carbocycles. The smallest absolute Gasteiger partial charge is 0.0571 e. The van der Waals surface area contributed by atoms with Crippen molar-refractivity contribution in [3.8, 4) is 0 Å². The van der Waals surface area contributed by atoms with Crippen LogP contribution in [0.5, 0.6) is 0 Å². The molecule has 0 bridgehead atoms. The number of unbranched alkanes of at least 4 members (excludes halogenated alkanes) is 3. The Morgan fingerprint density at radius 1 is 0.850 bits per heavy atom. The maximum absolute atomic E-state index is 5.56. The Labute approximate surface area is 126 Å². The molecule has 1 rings (SSSR count). The maximum atomic E-state index is 5.56. The summed E-state index contributed by atoms with van der Waals surface area (Å²) in [5.74, 6) is 0. The first-order chi connectivity index (χ1) is 9.80. The number of nitrogens with zero attached hydrogens (tertiary/aromatic N) is 2. The molecule has 1 saturated heterocycles. The normalized spacial score (nSPS) is 19.4. The number of ether oxygens (including phenoxy) is 1. The van der Waals surface area contributed by atoms with E-state index in [1.807, 2.05) is 7.11 Å². The first-order valence-electron chi connectivity index (χ1n) is 8.77. The molecule has 20 heavy (non-hydrogen) atoms. The minimum absolute atomic E-state index is 0.503. The Hall–Kier alpha value is -0.120. The zero-order valence-corrected chi connectivity index (χ0v) is 14.1. The van der Waals surface area contributed by atoms with Crippen LogP contribution in [0.4, 0.5) is 0 Å². The highest BCUT2D eigenvalue weighted by molar-refractivity contribution is 4.70. The first kappa shape index (κ1) is 17.9. The third-order valence-electron chi connectivity index (χ3n) is 4.63.